The van der Waals surface area contributed by atoms with Crippen molar-refractivity contribution in [1.29, 1.82) is 0 Å². The van der Waals surface area contributed by atoms with Crippen molar-refractivity contribution in [3.63, 3.8) is 0 Å². The van der Waals surface area contributed by atoms with E-state index in [1.807, 2.05) is 6.08 Å². The molecular formula is C35H68. The minimum atomic E-state index is 1.23. The molecule has 0 aromatic rings. The Morgan fingerprint density at radius 3 is 0.800 bits per heavy atom. The molecule has 0 nitrogen and oxygen atoms in total. The fraction of sp³-hybridized carbons (Fsp3) is 0.886. The Kier molecular flexibility index (Phi) is 33.0. The zero-order chi connectivity index (χ0) is 25.3. The van der Waals surface area contributed by atoms with Gasteiger partial charge < -0.3 is 0 Å². The quantitative estimate of drug-likeness (QED) is 0.0672. The summed E-state index contributed by atoms with van der Waals surface area (Å²) >= 11 is 0. The Labute approximate surface area is 224 Å². The topological polar surface area (TPSA) is 0 Å². The third-order valence-electron chi connectivity index (χ3n) is 7.75. The molecule has 35 heavy (non-hydrogen) atoms. The second-order valence-corrected chi connectivity index (χ2v) is 11.4. The molecule has 0 aromatic heterocycles. The molecule has 0 radical (unpaired) electrons. The van der Waals surface area contributed by atoms with Gasteiger partial charge in [-0.2, -0.15) is 0 Å². The lowest BCUT2D eigenvalue weighted by Gasteiger charge is -2.04. The first kappa shape index (κ1) is 34.5. The summed E-state index contributed by atoms with van der Waals surface area (Å²) in [4.78, 5) is 0. The van der Waals surface area contributed by atoms with Crippen molar-refractivity contribution in [2.45, 2.75) is 200 Å². The summed E-state index contributed by atoms with van der Waals surface area (Å²) in [5.41, 5.74) is 0. The van der Waals surface area contributed by atoms with Gasteiger partial charge in [-0.25, -0.2) is 0 Å². The zero-order valence-electron chi connectivity index (χ0n) is 24.7. The Hall–Kier alpha value is -0.520. The molecule has 0 aromatic carbocycles. The average molecular weight is 489 g/mol. The van der Waals surface area contributed by atoms with Gasteiger partial charge in [0.1, 0.15) is 0 Å². The standard InChI is InChI=1S/C35H68/c1-3-5-7-9-11-13-15-17-19-21-23-25-27-29-31-33-35-34-32-30-28-26-24-22-20-18-16-14-12-10-8-6-4-2/h3,5,7H,1,4,6,8-35H2,2H3. The molecule has 0 aliphatic rings. The van der Waals surface area contributed by atoms with E-state index < -0.39 is 0 Å². The summed E-state index contributed by atoms with van der Waals surface area (Å²) in [6.07, 6.45) is 50.0. The van der Waals surface area contributed by atoms with E-state index in [1.165, 1.54) is 193 Å². The van der Waals surface area contributed by atoms with Crippen LogP contribution >= 0.6 is 0 Å². The molecule has 0 amide bonds. The second kappa shape index (κ2) is 33.5. The summed E-state index contributed by atoms with van der Waals surface area (Å²) in [6.45, 7) is 6.02. The Bertz CT molecular complexity index is 393. The largest absolute Gasteiger partial charge is 0.0991 e. The highest BCUT2D eigenvalue weighted by Gasteiger charge is 1.96. The summed E-state index contributed by atoms with van der Waals surface area (Å²) in [6, 6.07) is 0. The monoisotopic (exact) mass is 489 g/mol. The first-order chi connectivity index (χ1) is 17.4. The van der Waals surface area contributed by atoms with Gasteiger partial charge in [0.15, 0.2) is 0 Å². The van der Waals surface area contributed by atoms with Crippen molar-refractivity contribution in [1.82, 2.24) is 0 Å². The van der Waals surface area contributed by atoms with Crippen LogP contribution in [-0.4, -0.2) is 0 Å². The summed E-state index contributed by atoms with van der Waals surface area (Å²) in [7, 11) is 0. The Morgan fingerprint density at radius 1 is 0.343 bits per heavy atom. The van der Waals surface area contributed by atoms with Gasteiger partial charge >= 0.3 is 0 Å². The molecule has 0 saturated heterocycles. The van der Waals surface area contributed by atoms with Crippen molar-refractivity contribution in [2.24, 2.45) is 0 Å². The van der Waals surface area contributed by atoms with Gasteiger partial charge in [-0.3, -0.25) is 0 Å². The maximum Gasteiger partial charge on any atom is -0.0348 e. The van der Waals surface area contributed by atoms with E-state index in [1.54, 1.807) is 0 Å². The highest BCUT2D eigenvalue weighted by atomic mass is 14.0. The highest BCUT2D eigenvalue weighted by Crippen LogP contribution is 2.16. The van der Waals surface area contributed by atoms with E-state index >= 15 is 0 Å². The summed E-state index contributed by atoms with van der Waals surface area (Å²) in [5, 5.41) is 0. The molecule has 0 bridgehead atoms. The van der Waals surface area contributed by atoms with Crippen molar-refractivity contribution in [3.05, 3.63) is 24.8 Å². The lowest BCUT2D eigenvalue weighted by molar-refractivity contribution is 0.513. The van der Waals surface area contributed by atoms with Crippen LogP contribution < -0.4 is 0 Å². The van der Waals surface area contributed by atoms with Gasteiger partial charge in [-0.15, -0.1) is 0 Å². The number of unbranched alkanes of at least 4 members (excludes halogenated alkanes) is 29. The van der Waals surface area contributed by atoms with E-state index in [0.29, 0.717) is 0 Å². The van der Waals surface area contributed by atoms with Gasteiger partial charge in [-0.1, -0.05) is 212 Å². The third kappa shape index (κ3) is 33.5. The molecule has 0 rings (SSSR count). The molecule has 0 N–H and O–H groups in total. The molecule has 0 saturated carbocycles. The molecule has 0 heteroatoms. The van der Waals surface area contributed by atoms with Gasteiger partial charge in [0, 0.05) is 0 Å². The van der Waals surface area contributed by atoms with E-state index in [-0.39, 0.29) is 0 Å². The van der Waals surface area contributed by atoms with E-state index in [4.69, 9.17) is 0 Å². The van der Waals surface area contributed by atoms with Crippen LogP contribution in [0.3, 0.4) is 0 Å². The number of rotatable bonds is 31. The maximum absolute atomic E-state index is 3.71. The lowest BCUT2D eigenvalue weighted by Crippen LogP contribution is -1.85. The van der Waals surface area contributed by atoms with E-state index in [9.17, 15) is 0 Å². The molecule has 0 fully saturated rings. The van der Waals surface area contributed by atoms with E-state index in [0.717, 1.165) is 0 Å². The molecule has 208 valence electrons. The fourth-order valence-corrected chi connectivity index (χ4v) is 5.30. The summed E-state index contributed by atoms with van der Waals surface area (Å²) in [5.74, 6) is 0. The number of allylic oxidation sites excluding steroid dienone is 3. The summed E-state index contributed by atoms with van der Waals surface area (Å²) < 4.78 is 0. The maximum atomic E-state index is 3.71. The fourth-order valence-electron chi connectivity index (χ4n) is 5.30. The van der Waals surface area contributed by atoms with Crippen LogP contribution in [0.15, 0.2) is 24.8 Å². The lowest BCUT2D eigenvalue weighted by atomic mass is 10.0. The van der Waals surface area contributed by atoms with Crippen LogP contribution in [0, 0.1) is 0 Å². The Morgan fingerprint density at radius 2 is 0.571 bits per heavy atom. The van der Waals surface area contributed by atoms with Crippen molar-refractivity contribution in [3.8, 4) is 0 Å². The van der Waals surface area contributed by atoms with Crippen molar-refractivity contribution < 1.29 is 0 Å². The molecule has 0 spiro atoms. The van der Waals surface area contributed by atoms with Gasteiger partial charge in [0.2, 0.25) is 0 Å². The zero-order valence-corrected chi connectivity index (χ0v) is 24.7. The predicted molar refractivity (Wildman–Crippen MR) is 164 cm³/mol. The minimum absolute atomic E-state index is 1.23. The van der Waals surface area contributed by atoms with Crippen LogP contribution in [0.2, 0.25) is 0 Å². The highest BCUT2D eigenvalue weighted by molar-refractivity contribution is 4.96. The van der Waals surface area contributed by atoms with Crippen LogP contribution in [0.1, 0.15) is 200 Å². The molecule has 0 heterocycles. The molecule has 0 unspecified atom stereocenters. The van der Waals surface area contributed by atoms with Crippen LogP contribution in [0.5, 0.6) is 0 Å². The molecule has 0 aliphatic carbocycles. The molecule has 0 aliphatic heterocycles. The van der Waals surface area contributed by atoms with E-state index in [2.05, 4.69) is 25.7 Å². The number of hydrogen-bond acceptors (Lipinski definition) is 0. The van der Waals surface area contributed by atoms with Crippen LogP contribution in [-0.2, 0) is 0 Å². The first-order valence-corrected chi connectivity index (χ1v) is 16.7. The smallest absolute Gasteiger partial charge is 0.0348 e. The van der Waals surface area contributed by atoms with Gasteiger partial charge in [-0.05, 0) is 12.8 Å². The van der Waals surface area contributed by atoms with Crippen molar-refractivity contribution >= 4 is 0 Å². The van der Waals surface area contributed by atoms with Crippen LogP contribution in [0.25, 0.3) is 0 Å². The van der Waals surface area contributed by atoms with Crippen LogP contribution in [0.4, 0.5) is 0 Å². The van der Waals surface area contributed by atoms with Gasteiger partial charge in [0.05, 0.1) is 0 Å². The molecule has 0 atom stereocenters. The SMILES string of the molecule is C=CC=CCCCCCCCCCCCCCCCCCCCCCCCCCCCCCCC. The average Bonchev–Trinajstić information content (AvgIpc) is 2.87. The number of hydrogen-bond donors (Lipinski definition) is 0. The minimum Gasteiger partial charge on any atom is -0.0991 e. The second-order valence-electron chi connectivity index (χ2n) is 11.4. The predicted octanol–water partition coefficient (Wildman–Crippen LogP) is 13.5. The Balaban J connectivity index is 3.02. The first-order valence-electron chi connectivity index (χ1n) is 16.7. The normalized spacial score (nSPS) is 11.6. The van der Waals surface area contributed by atoms with Gasteiger partial charge in [0.25, 0.3) is 0 Å². The third-order valence-corrected chi connectivity index (χ3v) is 7.75. The molecular weight excluding hydrogens is 420 g/mol. The van der Waals surface area contributed by atoms with Crippen molar-refractivity contribution in [2.75, 3.05) is 0 Å².